The second-order valence-electron chi connectivity index (χ2n) is 8.47. The van der Waals surface area contributed by atoms with Gasteiger partial charge in [0.05, 0.1) is 0 Å². The molecule has 0 bridgehead atoms. The highest BCUT2D eigenvalue weighted by Crippen LogP contribution is 2.57. The van der Waals surface area contributed by atoms with E-state index in [2.05, 4.69) is 80.0 Å². The van der Waals surface area contributed by atoms with Gasteiger partial charge in [0.1, 0.15) is 11.5 Å². The molecule has 5 nitrogen and oxygen atoms in total. The first-order valence-corrected chi connectivity index (χ1v) is 11.9. The lowest BCUT2D eigenvalue weighted by molar-refractivity contribution is 0.142. The van der Waals surface area contributed by atoms with Crippen molar-refractivity contribution in [3.8, 4) is 11.5 Å². The fraction of sp³-hybridized carbons (Fsp3) is 0.321. The lowest BCUT2D eigenvalue weighted by Crippen LogP contribution is -2.33. The predicted molar refractivity (Wildman–Crippen MR) is 134 cm³/mol. The molecule has 0 saturated heterocycles. The lowest BCUT2D eigenvalue weighted by Gasteiger charge is -2.38. The van der Waals surface area contributed by atoms with Crippen molar-refractivity contribution >= 4 is 17.3 Å². The number of nitrogens with zero attached hydrogens (tertiary/aromatic N) is 2. The summed E-state index contributed by atoms with van der Waals surface area (Å²) in [5.41, 5.74) is 5.06. The van der Waals surface area contributed by atoms with Gasteiger partial charge in [-0.1, -0.05) is 18.2 Å². The molecule has 0 atom stereocenters. The molecule has 5 heteroatoms. The Kier molecular flexibility index (Phi) is 5.28. The van der Waals surface area contributed by atoms with E-state index in [1.165, 1.54) is 0 Å². The molecule has 0 amide bonds. The number of nitrogens with one attached hydrogen (secondary N) is 1. The van der Waals surface area contributed by atoms with Gasteiger partial charge >= 0.3 is 0 Å². The summed E-state index contributed by atoms with van der Waals surface area (Å²) in [5.74, 6) is 1.77. The monoisotopic (exact) mass is 441 g/mol. The summed E-state index contributed by atoms with van der Waals surface area (Å²) in [5, 5.41) is 8.64. The third-order valence-electron chi connectivity index (χ3n) is 6.97. The summed E-state index contributed by atoms with van der Waals surface area (Å²) in [6.45, 7) is 12.3. The molecule has 0 aromatic heterocycles. The van der Waals surface area contributed by atoms with Crippen LogP contribution in [0.4, 0.5) is 11.4 Å². The molecule has 0 radical (unpaired) electrons. The van der Waals surface area contributed by atoms with Crippen molar-refractivity contribution in [1.29, 1.82) is 5.41 Å². The summed E-state index contributed by atoms with van der Waals surface area (Å²) in [4.78, 5) is 4.62. The maximum atomic E-state index is 8.64. The standard InChI is InChI=1S/C28H31N3O2/c1-5-30(6-2)19-13-15-23-25(17-19)32-26-18-20(31(7-3)8-4)14-16-24(26)28(23)22-12-10-9-11-21(22)27(29)33-28/h9-18,29H,5-8H2,1-4H3. The van der Waals surface area contributed by atoms with Crippen LogP contribution in [0.25, 0.3) is 0 Å². The molecular weight excluding hydrogens is 410 g/mol. The molecule has 3 aromatic carbocycles. The van der Waals surface area contributed by atoms with E-state index in [1.807, 2.05) is 18.2 Å². The molecule has 2 aliphatic heterocycles. The molecule has 170 valence electrons. The third kappa shape index (κ3) is 3.10. The van der Waals surface area contributed by atoms with Crippen molar-refractivity contribution < 1.29 is 9.47 Å². The van der Waals surface area contributed by atoms with E-state index in [1.54, 1.807) is 0 Å². The largest absolute Gasteiger partial charge is 0.456 e. The van der Waals surface area contributed by atoms with Gasteiger partial charge in [0, 0.05) is 71.9 Å². The van der Waals surface area contributed by atoms with Crippen molar-refractivity contribution in [2.24, 2.45) is 0 Å². The SMILES string of the molecule is CCN(CC)c1ccc2c(c1)Oc1cc(N(CC)CC)ccc1C21OC(=N)c2ccccc21. The van der Waals surface area contributed by atoms with Crippen LogP contribution in [0.15, 0.2) is 60.7 Å². The number of ether oxygens (including phenoxy) is 2. The normalized spacial score (nSPS) is 14.7. The van der Waals surface area contributed by atoms with Crippen molar-refractivity contribution in [2.75, 3.05) is 36.0 Å². The molecule has 0 fully saturated rings. The first-order valence-electron chi connectivity index (χ1n) is 11.9. The molecule has 5 rings (SSSR count). The Bertz CT molecular complexity index is 1150. The minimum atomic E-state index is -0.889. The average molecular weight is 442 g/mol. The fourth-order valence-electron chi connectivity index (χ4n) is 5.26. The Morgan fingerprint density at radius 3 is 1.73 bits per heavy atom. The molecule has 2 aliphatic rings. The van der Waals surface area contributed by atoms with Crippen LogP contribution in [0.5, 0.6) is 11.5 Å². The third-order valence-corrected chi connectivity index (χ3v) is 6.97. The van der Waals surface area contributed by atoms with Gasteiger partial charge in [-0.2, -0.15) is 0 Å². The van der Waals surface area contributed by atoms with Crippen LogP contribution < -0.4 is 14.5 Å². The second kappa shape index (κ2) is 8.14. The van der Waals surface area contributed by atoms with Crippen LogP contribution in [0, 0.1) is 5.41 Å². The van der Waals surface area contributed by atoms with E-state index in [0.29, 0.717) is 0 Å². The van der Waals surface area contributed by atoms with E-state index in [-0.39, 0.29) is 5.90 Å². The number of hydrogen-bond acceptors (Lipinski definition) is 5. The highest BCUT2D eigenvalue weighted by atomic mass is 16.5. The Labute approximate surface area is 196 Å². The molecule has 0 saturated carbocycles. The van der Waals surface area contributed by atoms with Gasteiger partial charge in [-0.15, -0.1) is 0 Å². The zero-order valence-corrected chi connectivity index (χ0v) is 19.8. The van der Waals surface area contributed by atoms with Gasteiger partial charge in [0.15, 0.2) is 5.60 Å². The number of anilines is 2. The van der Waals surface area contributed by atoms with Gasteiger partial charge < -0.3 is 19.3 Å². The van der Waals surface area contributed by atoms with E-state index in [0.717, 1.165) is 71.3 Å². The highest BCUT2D eigenvalue weighted by molar-refractivity contribution is 5.98. The van der Waals surface area contributed by atoms with Crippen molar-refractivity contribution in [2.45, 2.75) is 33.3 Å². The van der Waals surface area contributed by atoms with E-state index >= 15 is 0 Å². The molecule has 1 N–H and O–H groups in total. The van der Waals surface area contributed by atoms with E-state index < -0.39 is 5.60 Å². The van der Waals surface area contributed by atoms with Crippen molar-refractivity contribution in [3.05, 3.63) is 82.9 Å². The minimum absolute atomic E-state index is 0.199. The first-order chi connectivity index (χ1) is 16.1. The van der Waals surface area contributed by atoms with Crippen LogP contribution >= 0.6 is 0 Å². The molecule has 1 spiro atoms. The van der Waals surface area contributed by atoms with Gasteiger partial charge in [-0.25, -0.2) is 0 Å². The Balaban J connectivity index is 1.76. The molecule has 2 heterocycles. The maximum Gasteiger partial charge on any atom is 0.215 e. The Hall–Kier alpha value is -3.47. The number of rotatable bonds is 6. The minimum Gasteiger partial charge on any atom is -0.456 e. The summed E-state index contributed by atoms with van der Waals surface area (Å²) in [6, 6.07) is 20.8. The van der Waals surface area contributed by atoms with Crippen LogP contribution in [0.1, 0.15) is 49.9 Å². The van der Waals surface area contributed by atoms with Gasteiger partial charge in [0.2, 0.25) is 5.90 Å². The first kappa shape index (κ1) is 21.4. The second-order valence-corrected chi connectivity index (χ2v) is 8.47. The van der Waals surface area contributed by atoms with Crippen LogP contribution in [-0.2, 0) is 10.3 Å². The molecule has 3 aromatic rings. The number of benzene rings is 3. The van der Waals surface area contributed by atoms with E-state index in [9.17, 15) is 0 Å². The highest BCUT2D eigenvalue weighted by Gasteiger charge is 2.52. The summed E-state index contributed by atoms with van der Waals surface area (Å²) < 4.78 is 13.1. The Morgan fingerprint density at radius 1 is 0.697 bits per heavy atom. The number of hydrogen-bond donors (Lipinski definition) is 1. The summed E-state index contributed by atoms with van der Waals surface area (Å²) in [7, 11) is 0. The zero-order valence-electron chi connectivity index (χ0n) is 19.8. The molecule has 0 unspecified atom stereocenters. The zero-order chi connectivity index (χ0) is 23.2. The lowest BCUT2D eigenvalue weighted by atomic mass is 9.77. The number of fused-ring (bicyclic) bond motifs is 6. The summed E-state index contributed by atoms with van der Waals surface area (Å²) >= 11 is 0. The molecule has 0 aliphatic carbocycles. The van der Waals surface area contributed by atoms with E-state index in [4.69, 9.17) is 14.9 Å². The van der Waals surface area contributed by atoms with Gasteiger partial charge in [-0.3, -0.25) is 5.41 Å². The summed E-state index contributed by atoms with van der Waals surface area (Å²) in [6.07, 6.45) is 0. The maximum absolute atomic E-state index is 8.64. The van der Waals surface area contributed by atoms with Crippen LogP contribution in [0.2, 0.25) is 0 Å². The average Bonchev–Trinajstić information content (AvgIpc) is 3.13. The molecular formula is C28H31N3O2. The van der Waals surface area contributed by atoms with Crippen molar-refractivity contribution in [3.63, 3.8) is 0 Å². The topological polar surface area (TPSA) is 48.8 Å². The Morgan fingerprint density at radius 2 is 1.21 bits per heavy atom. The van der Waals surface area contributed by atoms with Crippen LogP contribution in [-0.4, -0.2) is 32.1 Å². The molecule has 33 heavy (non-hydrogen) atoms. The quantitative estimate of drug-likeness (QED) is 0.500. The van der Waals surface area contributed by atoms with Gasteiger partial charge in [0.25, 0.3) is 0 Å². The fourth-order valence-corrected chi connectivity index (χ4v) is 5.26. The predicted octanol–water partition coefficient (Wildman–Crippen LogP) is 6.13. The smallest absolute Gasteiger partial charge is 0.215 e. The van der Waals surface area contributed by atoms with Gasteiger partial charge in [-0.05, 0) is 58.0 Å². The van der Waals surface area contributed by atoms with Crippen LogP contribution in [0.3, 0.4) is 0 Å². The van der Waals surface area contributed by atoms with Crippen molar-refractivity contribution in [1.82, 2.24) is 0 Å².